The minimum absolute atomic E-state index is 0.0307. The summed E-state index contributed by atoms with van der Waals surface area (Å²) < 4.78 is 1.28. The third-order valence-electron chi connectivity index (χ3n) is 3.07. The zero-order valence-electron chi connectivity index (χ0n) is 12.3. The predicted octanol–water partition coefficient (Wildman–Crippen LogP) is 1.95. The molecule has 8 nitrogen and oxygen atoms in total. The number of aromatic carboxylic acids is 1. The van der Waals surface area contributed by atoms with Crippen LogP contribution in [0.2, 0.25) is 0 Å². The number of hydrogen-bond donors (Lipinski definition) is 4. The van der Waals surface area contributed by atoms with Crippen LogP contribution in [0.5, 0.6) is 11.6 Å². The molecule has 1 heterocycles. The lowest BCUT2D eigenvalue weighted by molar-refractivity contribution is 0.0696. The molecule has 0 saturated heterocycles. The number of nitrogens with one attached hydrogen (secondary N) is 1. The smallest absolute Gasteiger partial charge is 0.335 e. The molecule has 0 amide bonds. The molecule has 24 heavy (non-hydrogen) atoms. The number of aliphatic imine (C=N–C) groups is 1. The van der Waals surface area contributed by atoms with Crippen molar-refractivity contribution in [2.75, 3.05) is 0 Å². The van der Waals surface area contributed by atoms with Gasteiger partial charge in [-0.25, -0.2) is 4.79 Å². The van der Waals surface area contributed by atoms with Crippen LogP contribution in [-0.2, 0) is 6.54 Å². The van der Waals surface area contributed by atoms with Crippen molar-refractivity contribution in [3.63, 3.8) is 0 Å². The van der Waals surface area contributed by atoms with E-state index in [2.05, 4.69) is 16.6 Å². The maximum Gasteiger partial charge on any atom is 0.335 e. The van der Waals surface area contributed by atoms with Gasteiger partial charge in [0, 0.05) is 12.8 Å². The van der Waals surface area contributed by atoms with Gasteiger partial charge in [0.05, 0.1) is 5.56 Å². The van der Waals surface area contributed by atoms with Crippen molar-refractivity contribution in [3.05, 3.63) is 57.1 Å². The number of benzene rings is 1. The number of phenols is 1. The number of carboxylic acid groups (broad SMARTS) is 1. The van der Waals surface area contributed by atoms with Gasteiger partial charge in [0.25, 0.3) is 5.56 Å². The maximum absolute atomic E-state index is 11.9. The number of carboxylic acids is 1. The van der Waals surface area contributed by atoms with Crippen LogP contribution in [0.25, 0.3) is 0 Å². The lowest BCUT2D eigenvalue weighted by atomic mass is 10.2. The first kappa shape index (κ1) is 17.2. The largest absolute Gasteiger partial charge is 0.506 e. The Bertz CT molecular complexity index is 959. The average molecular weight is 347 g/mol. The van der Waals surface area contributed by atoms with E-state index in [1.165, 1.54) is 22.8 Å². The normalized spacial score (nSPS) is 10.8. The molecule has 0 unspecified atom stereocenters. The van der Waals surface area contributed by atoms with Crippen LogP contribution in [0.1, 0.15) is 15.9 Å². The summed E-state index contributed by atoms with van der Waals surface area (Å²) in [6.45, 7) is 3.71. The number of carbonyl (C=O) groups is 1. The molecule has 0 atom stereocenters. The van der Waals surface area contributed by atoms with Crippen molar-refractivity contribution in [2.45, 2.75) is 6.54 Å². The van der Waals surface area contributed by atoms with Gasteiger partial charge in [-0.05, 0) is 30.4 Å². The molecule has 0 fully saturated rings. The standard InChI is InChI=1S/C15H13N3O5S/c1-2-5-18-13(21)9(12(20)17-15(18)24)7-16-10-4-3-8(14(22)23)6-11(10)19/h2-4,6-7,19,21H,1,5H2,(H,22,23)(H,17,20,24). The molecule has 2 rings (SSSR count). The number of allylic oxidation sites excluding steroid dienone is 1. The van der Waals surface area contributed by atoms with Gasteiger partial charge in [-0.2, -0.15) is 0 Å². The molecule has 1 aromatic carbocycles. The van der Waals surface area contributed by atoms with Gasteiger partial charge in [0.2, 0.25) is 5.88 Å². The Balaban J connectivity index is 2.48. The van der Waals surface area contributed by atoms with Crippen LogP contribution in [0, 0.1) is 4.77 Å². The van der Waals surface area contributed by atoms with Crippen LogP contribution in [-0.4, -0.2) is 37.1 Å². The molecular formula is C15H13N3O5S. The number of phenolic OH excluding ortho intramolecular Hbond substituents is 1. The number of hydrogen-bond acceptors (Lipinski definition) is 6. The van der Waals surface area contributed by atoms with Gasteiger partial charge >= 0.3 is 5.97 Å². The van der Waals surface area contributed by atoms with Gasteiger partial charge in [-0.15, -0.1) is 6.58 Å². The summed E-state index contributed by atoms with van der Waals surface area (Å²) in [6, 6.07) is 3.56. The molecule has 0 aliphatic heterocycles. The van der Waals surface area contributed by atoms with Gasteiger partial charge < -0.3 is 15.3 Å². The highest BCUT2D eigenvalue weighted by molar-refractivity contribution is 7.71. The van der Waals surface area contributed by atoms with E-state index in [1.807, 2.05) is 0 Å². The van der Waals surface area contributed by atoms with Gasteiger partial charge in [0.1, 0.15) is 17.0 Å². The van der Waals surface area contributed by atoms with E-state index >= 15 is 0 Å². The van der Waals surface area contributed by atoms with E-state index in [9.17, 15) is 19.8 Å². The van der Waals surface area contributed by atoms with E-state index in [1.54, 1.807) is 0 Å². The topological polar surface area (TPSA) is 128 Å². The Hall–Kier alpha value is -3.20. The van der Waals surface area contributed by atoms with E-state index < -0.39 is 17.4 Å². The summed E-state index contributed by atoms with van der Waals surface area (Å²) in [7, 11) is 0. The van der Waals surface area contributed by atoms with E-state index in [4.69, 9.17) is 17.3 Å². The molecule has 1 aromatic heterocycles. The second-order valence-electron chi connectivity index (χ2n) is 4.66. The Morgan fingerprint density at radius 3 is 2.71 bits per heavy atom. The zero-order valence-corrected chi connectivity index (χ0v) is 13.1. The Morgan fingerprint density at radius 2 is 2.12 bits per heavy atom. The second-order valence-corrected chi connectivity index (χ2v) is 5.05. The average Bonchev–Trinajstić information content (AvgIpc) is 2.52. The van der Waals surface area contributed by atoms with E-state index in [-0.39, 0.29) is 33.9 Å². The van der Waals surface area contributed by atoms with Crippen LogP contribution >= 0.6 is 12.2 Å². The van der Waals surface area contributed by atoms with Crippen LogP contribution < -0.4 is 5.56 Å². The third kappa shape index (κ3) is 3.41. The van der Waals surface area contributed by atoms with Crippen LogP contribution in [0.15, 0.2) is 40.6 Å². The summed E-state index contributed by atoms with van der Waals surface area (Å²) in [5.74, 6) is -1.96. The summed E-state index contributed by atoms with van der Waals surface area (Å²) in [5.41, 5.74) is -0.877. The van der Waals surface area contributed by atoms with Gasteiger partial charge in [-0.3, -0.25) is 19.3 Å². The van der Waals surface area contributed by atoms with Crippen molar-refractivity contribution in [2.24, 2.45) is 4.99 Å². The highest BCUT2D eigenvalue weighted by Crippen LogP contribution is 2.27. The monoisotopic (exact) mass is 347 g/mol. The molecule has 0 spiro atoms. The zero-order chi connectivity index (χ0) is 17.9. The molecule has 0 bridgehead atoms. The van der Waals surface area contributed by atoms with Crippen molar-refractivity contribution < 1.29 is 20.1 Å². The third-order valence-corrected chi connectivity index (χ3v) is 3.40. The van der Waals surface area contributed by atoms with Crippen molar-refractivity contribution in [3.8, 4) is 11.6 Å². The lowest BCUT2D eigenvalue weighted by Crippen LogP contribution is -2.18. The minimum Gasteiger partial charge on any atom is -0.506 e. The lowest BCUT2D eigenvalue weighted by Gasteiger charge is -2.08. The number of nitrogens with zero attached hydrogens (tertiary/aromatic N) is 2. The summed E-state index contributed by atoms with van der Waals surface area (Å²) >= 11 is 4.95. The molecule has 4 N–H and O–H groups in total. The molecule has 0 saturated carbocycles. The Kier molecular flexibility index (Phi) is 4.95. The first-order valence-corrected chi connectivity index (χ1v) is 7.03. The second kappa shape index (κ2) is 6.92. The van der Waals surface area contributed by atoms with Crippen LogP contribution in [0.4, 0.5) is 5.69 Å². The predicted molar refractivity (Wildman–Crippen MR) is 90.1 cm³/mol. The van der Waals surface area contributed by atoms with Crippen molar-refractivity contribution >= 4 is 30.1 Å². The number of aromatic nitrogens is 2. The Morgan fingerprint density at radius 1 is 1.42 bits per heavy atom. The molecule has 0 aliphatic carbocycles. The molecule has 9 heteroatoms. The van der Waals surface area contributed by atoms with E-state index in [0.29, 0.717) is 0 Å². The fourth-order valence-electron chi connectivity index (χ4n) is 1.89. The van der Waals surface area contributed by atoms with Crippen molar-refractivity contribution in [1.82, 2.24) is 9.55 Å². The fraction of sp³-hybridized carbons (Fsp3) is 0.0667. The number of aromatic hydroxyl groups is 2. The first-order valence-electron chi connectivity index (χ1n) is 6.62. The summed E-state index contributed by atoms with van der Waals surface area (Å²) in [6.07, 6.45) is 2.54. The molecule has 124 valence electrons. The molecule has 0 aliphatic rings. The molecular weight excluding hydrogens is 334 g/mol. The number of rotatable bonds is 5. The van der Waals surface area contributed by atoms with Crippen molar-refractivity contribution in [1.29, 1.82) is 0 Å². The molecule has 2 aromatic rings. The van der Waals surface area contributed by atoms with Crippen LogP contribution in [0.3, 0.4) is 0 Å². The summed E-state index contributed by atoms with van der Waals surface area (Å²) in [4.78, 5) is 29.0. The van der Waals surface area contributed by atoms with Gasteiger partial charge in [0.15, 0.2) is 4.77 Å². The number of aromatic amines is 1. The fourth-order valence-corrected chi connectivity index (χ4v) is 2.14. The maximum atomic E-state index is 11.9. The SMILES string of the molecule is C=CCn1c(O)c(C=Nc2ccc(C(=O)O)cc2O)c(=O)[nH]c1=S. The number of H-pyrrole nitrogens is 1. The summed E-state index contributed by atoms with van der Waals surface area (Å²) in [5, 5.41) is 28.8. The van der Waals surface area contributed by atoms with Gasteiger partial charge in [-0.1, -0.05) is 6.08 Å². The highest BCUT2D eigenvalue weighted by atomic mass is 32.1. The first-order chi connectivity index (χ1) is 11.3. The Labute approximate surface area is 140 Å². The molecule has 0 radical (unpaired) electrons. The minimum atomic E-state index is -1.19. The van der Waals surface area contributed by atoms with E-state index in [0.717, 1.165) is 12.3 Å². The highest BCUT2D eigenvalue weighted by Gasteiger charge is 2.11. The quantitative estimate of drug-likeness (QED) is 0.372.